The molecule has 156 valence electrons. The molecular weight excluding hydrogens is 382 g/mol. The molecule has 0 spiro atoms. The van der Waals surface area contributed by atoms with Crippen LogP contribution in [0.1, 0.15) is 37.4 Å². The minimum Gasteiger partial charge on any atom is -0.311 e. The second kappa shape index (κ2) is 9.73. The zero-order chi connectivity index (χ0) is 21.5. The summed E-state index contributed by atoms with van der Waals surface area (Å²) in [7, 11) is 0. The first-order valence-corrected chi connectivity index (χ1v) is 9.73. The fraction of sp³-hybridized carbons (Fsp3) is 0.333. The second-order valence-corrected chi connectivity index (χ2v) is 7.01. The largest absolute Gasteiger partial charge is 0.311 e. The fourth-order valence-electron chi connectivity index (χ4n) is 3.19. The van der Waals surface area contributed by atoms with E-state index in [1.165, 1.54) is 6.34 Å². The van der Waals surface area contributed by atoms with Crippen molar-refractivity contribution < 1.29 is 9.59 Å². The Morgan fingerprint density at radius 1 is 1.30 bits per heavy atom. The smallest absolute Gasteiger partial charge is 0.228 e. The van der Waals surface area contributed by atoms with Gasteiger partial charge in [-0.15, -0.1) is 0 Å². The number of carbonyl (C=O) groups is 2. The van der Waals surface area contributed by atoms with Crippen molar-refractivity contribution in [1.82, 2.24) is 14.8 Å². The number of amides is 2. The van der Waals surface area contributed by atoms with Gasteiger partial charge in [-0.05, 0) is 50.3 Å². The van der Waals surface area contributed by atoms with Gasteiger partial charge in [0.05, 0.1) is 5.69 Å². The zero-order valence-electron chi connectivity index (χ0n) is 17.2. The molecule has 0 saturated carbocycles. The van der Waals surface area contributed by atoms with E-state index in [2.05, 4.69) is 32.1 Å². The van der Waals surface area contributed by atoms with Gasteiger partial charge in [-0.25, -0.2) is 14.7 Å². The van der Waals surface area contributed by atoms with Crippen molar-refractivity contribution in [3.63, 3.8) is 0 Å². The normalized spacial score (nSPS) is 13.9. The first-order valence-electron chi connectivity index (χ1n) is 9.73. The van der Waals surface area contributed by atoms with Crippen LogP contribution in [0, 0.1) is 6.92 Å². The Hall–Kier alpha value is -3.62. The summed E-state index contributed by atoms with van der Waals surface area (Å²) in [5.41, 5.74) is 2.66. The third-order valence-electron chi connectivity index (χ3n) is 4.68. The maximum absolute atomic E-state index is 12.6. The highest BCUT2D eigenvalue weighted by molar-refractivity contribution is 5.97. The van der Waals surface area contributed by atoms with E-state index in [4.69, 9.17) is 0 Å². The lowest BCUT2D eigenvalue weighted by molar-refractivity contribution is -0.122. The Bertz CT molecular complexity index is 989. The Labute approximate surface area is 175 Å². The van der Waals surface area contributed by atoms with Crippen molar-refractivity contribution in [3.05, 3.63) is 41.9 Å². The fourth-order valence-corrected chi connectivity index (χ4v) is 3.19. The summed E-state index contributed by atoms with van der Waals surface area (Å²) in [5, 5.41) is 7.12. The van der Waals surface area contributed by atoms with Crippen molar-refractivity contribution in [2.75, 3.05) is 16.8 Å². The molecule has 3 rings (SSSR count). The molecule has 1 aliphatic rings. The molecule has 2 aromatic rings. The van der Waals surface area contributed by atoms with Gasteiger partial charge in [-0.1, -0.05) is 0 Å². The molecule has 3 heterocycles. The van der Waals surface area contributed by atoms with Crippen molar-refractivity contribution in [2.24, 2.45) is 9.98 Å². The quantitative estimate of drug-likeness (QED) is 0.563. The van der Waals surface area contributed by atoms with E-state index in [-0.39, 0.29) is 24.7 Å². The number of hydrogen-bond donors (Lipinski definition) is 1. The summed E-state index contributed by atoms with van der Waals surface area (Å²) in [6.45, 7) is 8.58. The van der Waals surface area contributed by atoms with E-state index in [0.717, 1.165) is 35.6 Å². The Morgan fingerprint density at radius 2 is 2.13 bits per heavy atom. The summed E-state index contributed by atoms with van der Waals surface area (Å²) >= 11 is 0. The average Bonchev–Trinajstić information content (AvgIpc) is 3.12. The monoisotopic (exact) mass is 407 g/mol. The highest BCUT2D eigenvalue weighted by Crippen LogP contribution is 2.22. The molecule has 0 unspecified atom stereocenters. The Kier molecular flexibility index (Phi) is 6.84. The van der Waals surface area contributed by atoms with Crippen LogP contribution in [-0.4, -0.2) is 46.2 Å². The molecule has 0 saturated heterocycles. The van der Waals surface area contributed by atoms with Gasteiger partial charge in [0.15, 0.2) is 0 Å². The molecule has 0 aromatic carbocycles. The van der Waals surface area contributed by atoms with Gasteiger partial charge in [0.1, 0.15) is 18.0 Å². The topological polar surface area (TPSA) is 105 Å². The SMILES string of the molecule is C=N/C=N\C=C(/C)c1ccc(NC(=O)CCC(=O)N2CCCn3nc(C)cc32)nc1. The van der Waals surface area contributed by atoms with Crippen LogP contribution in [-0.2, 0) is 16.1 Å². The number of allylic oxidation sites excluding steroid dienone is 1. The molecule has 1 aliphatic heterocycles. The Morgan fingerprint density at radius 3 is 2.87 bits per heavy atom. The molecule has 9 heteroatoms. The number of pyridine rings is 1. The van der Waals surface area contributed by atoms with Gasteiger partial charge in [-0.3, -0.25) is 19.5 Å². The van der Waals surface area contributed by atoms with Gasteiger partial charge >= 0.3 is 0 Å². The highest BCUT2D eigenvalue weighted by Gasteiger charge is 2.24. The predicted octanol–water partition coefficient (Wildman–Crippen LogP) is 2.83. The average molecular weight is 407 g/mol. The lowest BCUT2D eigenvalue weighted by Crippen LogP contribution is -2.37. The van der Waals surface area contributed by atoms with Crippen molar-refractivity contribution in [2.45, 2.75) is 39.7 Å². The van der Waals surface area contributed by atoms with Crippen LogP contribution in [0.25, 0.3) is 5.57 Å². The summed E-state index contributed by atoms with van der Waals surface area (Å²) in [6.07, 6.45) is 5.74. The van der Waals surface area contributed by atoms with Crippen molar-refractivity contribution in [1.29, 1.82) is 0 Å². The molecule has 0 bridgehead atoms. The van der Waals surface area contributed by atoms with Crippen LogP contribution < -0.4 is 10.2 Å². The van der Waals surface area contributed by atoms with E-state index in [9.17, 15) is 9.59 Å². The molecule has 0 aliphatic carbocycles. The molecule has 0 radical (unpaired) electrons. The summed E-state index contributed by atoms with van der Waals surface area (Å²) in [4.78, 5) is 38.3. The number of fused-ring (bicyclic) bond motifs is 1. The van der Waals surface area contributed by atoms with E-state index in [1.54, 1.807) is 23.4 Å². The number of rotatable bonds is 7. The molecule has 2 aromatic heterocycles. The number of nitrogens with zero attached hydrogens (tertiary/aromatic N) is 6. The summed E-state index contributed by atoms with van der Waals surface area (Å²) in [5.74, 6) is 0.911. The van der Waals surface area contributed by atoms with Crippen LogP contribution >= 0.6 is 0 Å². The number of aryl methyl sites for hydroxylation is 2. The van der Waals surface area contributed by atoms with Gasteiger partial charge in [-0.2, -0.15) is 5.10 Å². The van der Waals surface area contributed by atoms with Crippen LogP contribution in [0.15, 0.2) is 40.6 Å². The van der Waals surface area contributed by atoms with Crippen molar-refractivity contribution in [3.8, 4) is 0 Å². The zero-order valence-corrected chi connectivity index (χ0v) is 17.2. The standard InChI is InChI=1S/C21H25N7O2/c1-15(12-23-14-22-3)17-5-6-18(24-13-17)25-19(29)7-8-21(30)27-9-4-10-28-20(27)11-16(2)26-28/h5-6,11-14H,3-4,7-10H2,1-2H3,(H,24,25,29)/b15-12+,23-14-. The minimum absolute atomic E-state index is 0.0790. The molecule has 0 atom stereocenters. The van der Waals surface area contributed by atoms with Gasteiger partial charge in [0.2, 0.25) is 11.8 Å². The van der Waals surface area contributed by atoms with Gasteiger partial charge in [0, 0.05) is 44.4 Å². The van der Waals surface area contributed by atoms with Crippen molar-refractivity contribution >= 4 is 42.1 Å². The molecule has 0 fully saturated rings. The van der Waals surface area contributed by atoms with Gasteiger partial charge in [0.25, 0.3) is 0 Å². The number of aliphatic imine (C=N–C) groups is 2. The van der Waals surface area contributed by atoms with Crippen LogP contribution in [0.5, 0.6) is 0 Å². The maximum Gasteiger partial charge on any atom is 0.228 e. The third-order valence-corrected chi connectivity index (χ3v) is 4.68. The van der Waals surface area contributed by atoms with Crippen LogP contribution in [0.3, 0.4) is 0 Å². The first kappa shape index (κ1) is 21.1. The number of hydrogen-bond acceptors (Lipinski definition) is 5. The van der Waals surface area contributed by atoms with Crippen LogP contribution in [0.4, 0.5) is 11.6 Å². The van der Waals surface area contributed by atoms with E-state index >= 15 is 0 Å². The third kappa shape index (κ3) is 5.25. The number of nitrogens with one attached hydrogen (secondary N) is 1. The van der Waals surface area contributed by atoms with E-state index in [0.29, 0.717) is 12.4 Å². The summed E-state index contributed by atoms with van der Waals surface area (Å²) in [6, 6.07) is 5.46. The molecule has 1 N–H and O–H groups in total. The lowest BCUT2D eigenvalue weighted by Gasteiger charge is -2.27. The minimum atomic E-state index is -0.251. The van der Waals surface area contributed by atoms with E-state index in [1.807, 2.05) is 30.7 Å². The highest BCUT2D eigenvalue weighted by atomic mass is 16.2. The van der Waals surface area contributed by atoms with Gasteiger partial charge < -0.3 is 5.32 Å². The molecular formula is C21H25N7O2. The predicted molar refractivity (Wildman–Crippen MR) is 118 cm³/mol. The molecule has 9 nitrogen and oxygen atoms in total. The molecule has 2 amide bonds. The van der Waals surface area contributed by atoms with Crippen LogP contribution in [0.2, 0.25) is 0 Å². The second-order valence-electron chi connectivity index (χ2n) is 7.01. The Balaban J connectivity index is 1.52. The maximum atomic E-state index is 12.6. The lowest BCUT2D eigenvalue weighted by atomic mass is 10.1. The summed E-state index contributed by atoms with van der Waals surface area (Å²) < 4.78 is 1.85. The number of anilines is 2. The number of aromatic nitrogens is 3. The molecule has 30 heavy (non-hydrogen) atoms. The first-order chi connectivity index (χ1) is 14.5. The number of carbonyl (C=O) groups excluding carboxylic acids is 2. The van der Waals surface area contributed by atoms with E-state index < -0.39 is 0 Å².